The number of carbonyl (C=O) groups excluding carboxylic acids is 1. The Balaban J connectivity index is 0.00000320. The Morgan fingerprint density at radius 3 is 2.73 bits per heavy atom. The number of guanidine groups is 1. The molecule has 1 amide bonds. The van der Waals surface area contributed by atoms with Crippen molar-refractivity contribution in [1.29, 1.82) is 0 Å². The summed E-state index contributed by atoms with van der Waals surface area (Å²) in [6.07, 6.45) is 5.47. The molecule has 2 aliphatic rings. The number of likely N-dealkylation sites (tertiary alicyclic amines) is 1. The number of rotatable bonds is 8. The summed E-state index contributed by atoms with van der Waals surface area (Å²) >= 11 is 0. The van der Waals surface area contributed by atoms with Crippen LogP contribution in [0.15, 0.2) is 29.3 Å². The van der Waals surface area contributed by atoms with Crippen LogP contribution in [0.1, 0.15) is 39.0 Å². The molecular weight excluding hydrogens is 495 g/mol. The van der Waals surface area contributed by atoms with Crippen LogP contribution in [0.4, 0.5) is 0 Å². The molecule has 1 saturated heterocycles. The van der Waals surface area contributed by atoms with E-state index in [1.165, 1.54) is 12.8 Å². The molecule has 8 heteroatoms. The topological polar surface area (TPSA) is 75.2 Å². The molecule has 1 saturated carbocycles. The van der Waals surface area contributed by atoms with E-state index in [0.717, 1.165) is 56.4 Å². The minimum Gasteiger partial charge on any atom is -0.497 e. The normalized spacial score (nSPS) is 19.3. The van der Waals surface area contributed by atoms with Gasteiger partial charge in [0, 0.05) is 37.7 Å². The zero-order chi connectivity index (χ0) is 20.5. The maximum absolute atomic E-state index is 12.6. The van der Waals surface area contributed by atoms with Crippen molar-refractivity contribution in [3.8, 4) is 11.5 Å². The van der Waals surface area contributed by atoms with Gasteiger partial charge in [-0.25, -0.2) is 4.99 Å². The highest BCUT2D eigenvalue weighted by atomic mass is 127. The zero-order valence-corrected chi connectivity index (χ0v) is 20.4. The average molecular weight is 530 g/mol. The second kappa shape index (κ2) is 12.9. The maximum atomic E-state index is 12.6. The standard InChI is InChI=1S/C22H34N4O3.HI/c1-3-23-22(24-12-14-29-20-10-6-9-19(15-20)28-2)25-18-11-13-26(16-18)21(27)17-7-4-5-8-17;/h6,9-10,15,17-18H,3-5,7-8,11-14,16H2,1-2H3,(H2,23,24,25);1H. The smallest absolute Gasteiger partial charge is 0.225 e. The quantitative estimate of drug-likeness (QED) is 0.234. The third kappa shape index (κ3) is 7.21. The van der Waals surface area contributed by atoms with Crippen LogP contribution in [-0.2, 0) is 4.79 Å². The molecule has 3 rings (SSSR count). The van der Waals surface area contributed by atoms with Crippen molar-refractivity contribution in [3.05, 3.63) is 24.3 Å². The van der Waals surface area contributed by atoms with E-state index >= 15 is 0 Å². The summed E-state index contributed by atoms with van der Waals surface area (Å²) < 4.78 is 11.0. The molecule has 1 unspecified atom stereocenters. The highest BCUT2D eigenvalue weighted by Gasteiger charge is 2.32. The van der Waals surface area contributed by atoms with Crippen molar-refractivity contribution in [3.63, 3.8) is 0 Å². The van der Waals surface area contributed by atoms with E-state index in [9.17, 15) is 4.79 Å². The van der Waals surface area contributed by atoms with Crippen LogP contribution < -0.4 is 20.1 Å². The van der Waals surface area contributed by atoms with Gasteiger partial charge < -0.3 is 25.0 Å². The summed E-state index contributed by atoms with van der Waals surface area (Å²) in [5.74, 6) is 2.93. The first-order chi connectivity index (χ1) is 14.2. The molecule has 1 aromatic carbocycles. The van der Waals surface area contributed by atoms with Gasteiger partial charge >= 0.3 is 0 Å². The largest absolute Gasteiger partial charge is 0.497 e. The van der Waals surface area contributed by atoms with Crippen LogP contribution in [0.2, 0.25) is 0 Å². The highest BCUT2D eigenvalue weighted by molar-refractivity contribution is 14.0. The van der Waals surface area contributed by atoms with E-state index in [4.69, 9.17) is 9.47 Å². The van der Waals surface area contributed by atoms with Gasteiger partial charge in [0.05, 0.1) is 13.7 Å². The lowest BCUT2D eigenvalue weighted by Gasteiger charge is -2.21. The number of nitrogens with one attached hydrogen (secondary N) is 2. The predicted octanol–water partition coefficient (Wildman–Crippen LogP) is 3.04. The molecule has 1 aliphatic heterocycles. The number of hydrogen-bond acceptors (Lipinski definition) is 4. The summed E-state index contributed by atoms with van der Waals surface area (Å²) in [5.41, 5.74) is 0. The molecule has 30 heavy (non-hydrogen) atoms. The molecule has 7 nitrogen and oxygen atoms in total. The molecule has 0 radical (unpaired) electrons. The van der Waals surface area contributed by atoms with Crippen molar-refractivity contribution in [2.24, 2.45) is 10.9 Å². The van der Waals surface area contributed by atoms with E-state index in [1.54, 1.807) is 7.11 Å². The number of hydrogen-bond donors (Lipinski definition) is 2. The van der Waals surface area contributed by atoms with Crippen LogP contribution in [0.5, 0.6) is 11.5 Å². The number of ether oxygens (including phenoxy) is 2. The Hall–Kier alpha value is -1.71. The van der Waals surface area contributed by atoms with Crippen LogP contribution in [0, 0.1) is 5.92 Å². The second-order valence-electron chi connectivity index (χ2n) is 7.68. The minimum atomic E-state index is 0. The van der Waals surface area contributed by atoms with Gasteiger partial charge in [-0.15, -0.1) is 24.0 Å². The average Bonchev–Trinajstić information content (AvgIpc) is 3.43. The molecule has 2 fully saturated rings. The van der Waals surface area contributed by atoms with Gasteiger partial charge in [0.25, 0.3) is 0 Å². The van der Waals surface area contributed by atoms with Crippen molar-refractivity contribution >= 4 is 35.8 Å². The predicted molar refractivity (Wildman–Crippen MR) is 130 cm³/mol. The van der Waals surface area contributed by atoms with Gasteiger partial charge in [-0.1, -0.05) is 18.9 Å². The van der Waals surface area contributed by atoms with Gasteiger partial charge in [0.15, 0.2) is 5.96 Å². The van der Waals surface area contributed by atoms with Crippen LogP contribution in [-0.4, -0.2) is 62.7 Å². The van der Waals surface area contributed by atoms with Crippen molar-refractivity contribution in [2.75, 3.05) is 39.9 Å². The van der Waals surface area contributed by atoms with E-state index in [0.29, 0.717) is 19.1 Å². The minimum absolute atomic E-state index is 0. The Labute approximate surface area is 197 Å². The lowest BCUT2D eigenvalue weighted by Crippen LogP contribution is -2.45. The molecular formula is C22H35IN4O3. The summed E-state index contributed by atoms with van der Waals surface area (Å²) in [4.78, 5) is 19.3. The lowest BCUT2D eigenvalue weighted by molar-refractivity contribution is -0.134. The summed E-state index contributed by atoms with van der Waals surface area (Å²) in [7, 11) is 1.64. The van der Waals surface area contributed by atoms with Gasteiger partial charge in [0.2, 0.25) is 5.91 Å². The van der Waals surface area contributed by atoms with Crippen LogP contribution in [0.25, 0.3) is 0 Å². The molecule has 1 heterocycles. The summed E-state index contributed by atoms with van der Waals surface area (Å²) in [5, 5.41) is 6.76. The fourth-order valence-electron chi connectivity index (χ4n) is 4.03. The maximum Gasteiger partial charge on any atom is 0.225 e. The summed E-state index contributed by atoms with van der Waals surface area (Å²) in [6.45, 7) is 5.48. The number of benzene rings is 1. The molecule has 0 bridgehead atoms. The molecule has 0 spiro atoms. The van der Waals surface area contributed by atoms with E-state index in [-0.39, 0.29) is 35.9 Å². The monoisotopic (exact) mass is 530 g/mol. The van der Waals surface area contributed by atoms with Crippen molar-refractivity contribution in [2.45, 2.75) is 45.1 Å². The lowest BCUT2D eigenvalue weighted by atomic mass is 10.1. The first-order valence-corrected chi connectivity index (χ1v) is 10.8. The molecule has 168 valence electrons. The van der Waals surface area contributed by atoms with Gasteiger partial charge in [-0.05, 0) is 38.3 Å². The van der Waals surface area contributed by atoms with Gasteiger partial charge in [-0.3, -0.25) is 4.79 Å². The highest BCUT2D eigenvalue weighted by Crippen LogP contribution is 2.27. The first-order valence-electron chi connectivity index (χ1n) is 10.8. The van der Waals surface area contributed by atoms with Crippen LogP contribution >= 0.6 is 24.0 Å². The first kappa shape index (κ1) is 24.6. The Morgan fingerprint density at radius 1 is 1.23 bits per heavy atom. The van der Waals surface area contributed by atoms with Crippen molar-refractivity contribution < 1.29 is 14.3 Å². The molecule has 1 atom stereocenters. The zero-order valence-electron chi connectivity index (χ0n) is 18.1. The molecule has 1 aromatic rings. The van der Waals surface area contributed by atoms with Gasteiger partial charge in [-0.2, -0.15) is 0 Å². The fraction of sp³-hybridized carbons (Fsp3) is 0.636. The third-order valence-corrected chi connectivity index (χ3v) is 5.56. The third-order valence-electron chi connectivity index (χ3n) is 5.56. The Bertz CT molecular complexity index is 695. The number of aliphatic imine (C=N–C) groups is 1. The number of nitrogens with zero attached hydrogens (tertiary/aromatic N) is 2. The molecule has 0 aromatic heterocycles. The van der Waals surface area contributed by atoms with Gasteiger partial charge in [0.1, 0.15) is 18.1 Å². The van der Waals surface area contributed by atoms with Crippen LogP contribution in [0.3, 0.4) is 0 Å². The Morgan fingerprint density at radius 2 is 2.00 bits per heavy atom. The SMILES string of the molecule is CCNC(=NCCOc1cccc(OC)c1)NC1CCN(C(=O)C2CCCC2)C1.I. The van der Waals surface area contributed by atoms with E-state index < -0.39 is 0 Å². The molecule has 2 N–H and O–H groups in total. The van der Waals surface area contributed by atoms with Crippen molar-refractivity contribution in [1.82, 2.24) is 15.5 Å². The number of halogens is 1. The number of amides is 1. The summed E-state index contributed by atoms with van der Waals surface area (Å²) in [6, 6.07) is 7.81. The van der Waals surface area contributed by atoms with E-state index in [2.05, 4.69) is 22.5 Å². The second-order valence-corrected chi connectivity index (χ2v) is 7.68. The number of methoxy groups -OCH3 is 1. The Kier molecular flexibility index (Phi) is 10.5. The van der Waals surface area contributed by atoms with E-state index in [1.807, 2.05) is 29.2 Å². The number of carbonyl (C=O) groups is 1. The fourth-order valence-corrected chi connectivity index (χ4v) is 4.03. The molecule has 1 aliphatic carbocycles.